The summed E-state index contributed by atoms with van der Waals surface area (Å²) in [7, 11) is 0. The van der Waals surface area contributed by atoms with Gasteiger partial charge in [-0.1, -0.05) is 29.8 Å². The Morgan fingerprint density at radius 3 is 2.37 bits per heavy atom. The highest BCUT2D eigenvalue weighted by molar-refractivity contribution is 6.30. The lowest BCUT2D eigenvalue weighted by molar-refractivity contribution is -0.127. The Labute approximate surface area is 163 Å². The van der Waals surface area contributed by atoms with E-state index in [2.05, 4.69) is 11.4 Å². The number of hydrogen-bond donors (Lipinski definition) is 1. The van der Waals surface area contributed by atoms with E-state index >= 15 is 0 Å². The predicted octanol–water partition coefficient (Wildman–Crippen LogP) is 3.96. The number of hydrogen-bond acceptors (Lipinski definition) is 3. The third kappa shape index (κ3) is 3.07. The van der Waals surface area contributed by atoms with Gasteiger partial charge in [-0.3, -0.25) is 9.59 Å². The van der Waals surface area contributed by atoms with Crippen molar-refractivity contribution in [2.24, 2.45) is 0 Å². The Morgan fingerprint density at radius 2 is 1.70 bits per heavy atom. The number of ether oxygens (including phenoxy) is 1. The first-order chi connectivity index (χ1) is 12.9. The van der Waals surface area contributed by atoms with E-state index in [1.807, 2.05) is 44.2 Å². The van der Waals surface area contributed by atoms with E-state index in [1.165, 1.54) is 0 Å². The number of ketones is 1. The predicted molar refractivity (Wildman–Crippen MR) is 105 cm³/mol. The normalized spacial score (nSPS) is 21.5. The van der Waals surface area contributed by atoms with E-state index in [4.69, 9.17) is 16.3 Å². The first-order valence-electron chi connectivity index (χ1n) is 9.22. The standard InChI is InChI=1S/C22H22ClNO3/c1-13-11-14(2)18(12-17(13)15-3-5-16(23)6-4-15)19-20(25)22(24-21(19)26)7-9-27-10-8-22/h3-6,11-12,19H,7-10H2,1-2H3,(H,24,26). The molecule has 2 aliphatic rings. The first kappa shape index (κ1) is 18.2. The van der Waals surface area contributed by atoms with Gasteiger partial charge in [-0.05, 0) is 59.9 Å². The van der Waals surface area contributed by atoms with E-state index in [0.29, 0.717) is 31.1 Å². The van der Waals surface area contributed by atoms with Gasteiger partial charge in [0.2, 0.25) is 5.91 Å². The molecule has 1 atom stereocenters. The summed E-state index contributed by atoms with van der Waals surface area (Å²) in [6.45, 7) is 5.00. The highest BCUT2D eigenvalue weighted by atomic mass is 35.5. The molecule has 2 heterocycles. The van der Waals surface area contributed by atoms with Crippen molar-refractivity contribution in [1.82, 2.24) is 5.32 Å². The second-order valence-electron chi connectivity index (χ2n) is 7.51. The molecule has 0 saturated carbocycles. The Kier molecular flexibility index (Phi) is 4.57. The molecule has 4 rings (SSSR count). The van der Waals surface area contributed by atoms with Crippen LogP contribution in [0.3, 0.4) is 0 Å². The van der Waals surface area contributed by atoms with E-state index in [9.17, 15) is 9.59 Å². The van der Waals surface area contributed by atoms with Crippen LogP contribution in [0.15, 0.2) is 36.4 Å². The van der Waals surface area contributed by atoms with E-state index in [1.54, 1.807) is 0 Å². The number of amides is 1. The van der Waals surface area contributed by atoms with Gasteiger partial charge in [0.1, 0.15) is 11.5 Å². The minimum atomic E-state index is -0.766. The molecule has 0 radical (unpaired) electrons. The third-order valence-corrected chi connectivity index (χ3v) is 6.04. The number of Topliss-reactive ketones (excluding diaryl/α,β-unsaturated/α-hetero) is 1. The van der Waals surface area contributed by atoms with Crippen LogP contribution in [0, 0.1) is 13.8 Å². The molecule has 2 aromatic carbocycles. The summed E-state index contributed by atoms with van der Waals surface area (Å²) in [6, 6.07) is 11.7. The maximum atomic E-state index is 13.3. The minimum Gasteiger partial charge on any atom is -0.381 e. The lowest BCUT2D eigenvalue weighted by Crippen LogP contribution is -2.50. The molecule has 0 bridgehead atoms. The molecular formula is C22H22ClNO3. The number of rotatable bonds is 2. The molecular weight excluding hydrogens is 362 g/mol. The smallest absolute Gasteiger partial charge is 0.235 e. The van der Waals surface area contributed by atoms with Crippen molar-refractivity contribution < 1.29 is 14.3 Å². The van der Waals surface area contributed by atoms with Crippen molar-refractivity contribution >= 4 is 23.3 Å². The van der Waals surface area contributed by atoms with Gasteiger partial charge in [0, 0.05) is 31.1 Å². The van der Waals surface area contributed by atoms with Gasteiger partial charge in [-0.25, -0.2) is 0 Å². The number of carbonyl (C=O) groups excluding carboxylic acids is 2. The maximum Gasteiger partial charge on any atom is 0.235 e. The zero-order valence-electron chi connectivity index (χ0n) is 15.5. The van der Waals surface area contributed by atoms with Crippen LogP contribution in [-0.2, 0) is 14.3 Å². The molecule has 2 fully saturated rings. The maximum absolute atomic E-state index is 13.3. The van der Waals surface area contributed by atoms with Crippen molar-refractivity contribution in [2.75, 3.05) is 13.2 Å². The van der Waals surface area contributed by atoms with Crippen LogP contribution in [0.25, 0.3) is 11.1 Å². The Balaban J connectivity index is 1.77. The molecule has 1 unspecified atom stereocenters. The van der Waals surface area contributed by atoms with Gasteiger partial charge in [0.05, 0.1) is 0 Å². The molecule has 1 amide bonds. The first-order valence-corrected chi connectivity index (χ1v) is 9.60. The SMILES string of the molecule is Cc1cc(C)c(C2C(=O)NC3(CCOCC3)C2=O)cc1-c1ccc(Cl)cc1. The number of carbonyl (C=O) groups is 2. The van der Waals surface area contributed by atoms with E-state index in [-0.39, 0.29) is 11.7 Å². The van der Waals surface area contributed by atoms with Gasteiger partial charge in [-0.15, -0.1) is 0 Å². The van der Waals surface area contributed by atoms with E-state index < -0.39 is 11.5 Å². The van der Waals surface area contributed by atoms with Crippen molar-refractivity contribution in [3.8, 4) is 11.1 Å². The number of nitrogens with one attached hydrogen (secondary N) is 1. The van der Waals surface area contributed by atoms with Gasteiger partial charge in [-0.2, -0.15) is 0 Å². The average molecular weight is 384 g/mol. The van der Waals surface area contributed by atoms with Crippen LogP contribution in [0.1, 0.15) is 35.4 Å². The van der Waals surface area contributed by atoms with Crippen LogP contribution in [0.4, 0.5) is 0 Å². The minimum absolute atomic E-state index is 0.0233. The van der Waals surface area contributed by atoms with Crippen LogP contribution >= 0.6 is 11.6 Å². The summed E-state index contributed by atoms with van der Waals surface area (Å²) < 4.78 is 5.39. The largest absolute Gasteiger partial charge is 0.381 e. The lowest BCUT2D eigenvalue weighted by Gasteiger charge is -2.31. The average Bonchev–Trinajstić information content (AvgIpc) is 2.87. The second kappa shape index (κ2) is 6.77. The molecule has 2 aliphatic heterocycles. The fourth-order valence-corrected chi connectivity index (χ4v) is 4.39. The summed E-state index contributed by atoms with van der Waals surface area (Å²) in [4.78, 5) is 26.1. The fraction of sp³-hybridized carbons (Fsp3) is 0.364. The summed E-state index contributed by atoms with van der Waals surface area (Å²) in [5.74, 6) is -0.976. The van der Waals surface area contributed by atoms with Crippen molar-refractivity contribution in [3.05, 3.63) is 58.1 Å². The third-order valence-electron chi connectivity index (χ3n) is 5.78. The zero-order valence-corrected chi connectivity index (χ0v) is 16.2. The molecule has 0 aliphatic carbocycles. The molecule has 27 heavy (non-hydrogen) atoms. The molecule has 4 nitrogen and oxygen atoms in total. The van der Waals surface area contributed by atoms with Gasteiger partial charge in [0.25, 0.3) is 0 Å². The summed E-state index contributed by atoms with van der Waals surface area (Å²) in [5.41, 5.74) is 4.12. The Bertz CT molecular complexity index is 914. The van der Waals surface area contributed by atoms with Crippen molar-refractivity contribution in [1.29, 1.82) is 0 Å². The van der Waals surface area contributed by atoms with Gasteiger partial charge < -0.3 is 10.1 Å². The zero-order chi connectivity index (χ0) is 19.2. The van der Waals surface area contributed by atoms with Crippen molar-refractivity contribution in [2.45, 2.75) is 38.1 Å². The van der Waals surface area contributed by atoms with Crippen LogP contribution < -0.4 is 5.32 Å². The van der Waals surface area contributed by atoms with Crippen LogP contribution in [-0.4, -0.2) is 30.4 Å². The quantitative estimate of drug-likeness (QED) is 0.799. The van der Waals surface area contributed by atoms with Crippen LogP contribution in [0.5, 0.6) is 0 Å². The molecule has 0 aromatic heterocycles. The molecule has 5 heteroatoms. The highest BCUT2D eigenvalue weighted by Gasteiger charge is 2.53. The summed E-state index contributed by atoms with van der Waals surface area (Å²) in [5, 5.41) is 3.67. The lowest BCUT2D eigenvalue weighted by atomic mass is 9.80. The molecule has 2 aromatic rings. The highest BCUT2D eigenvalue weighted by Crippen LogP contribution is 2.39. The number of halogens is 1. The molecule has 140 valence electrons. The summed E-state index contributed by atoms with van der Waals surface area (Å²) in [6.07, 6.45) is 1.09. The fourth-order valence-electron chi connectivity index (χ4n) is 4.26. The summed E-state index contributed by atoms with van der Waals surface area (Å²) >= 11 is 6.01. The van der Waals surface area contributed by atoms with Gasteiger partial charge >= 0.3 is 0 Å². The Hall–Kier alpha value is -2.17. The number of benzene rings is 2. The monoisotopic (exact) mass is 383 g/mol. The molecule has 2 saturated heterocycles. The van der Waals surface area contributed by atoms with E-state index in [0.717, 1.165) is 27.8 Å². The topological polar surface area (TPSA) is 55.4 Å². The molecule has 1 spiro atoms. The number of aryl methyl sites for hydroxylation is 2. The Morgan fingerprint density at radius 1 is 1.04 bits per heavy atom. The van der Waals surface area contributed by atoms with Crippen LogP contribution in [0.2, 0.25) is 5.02 Å². The molecule has 1 N–H and O–H groups in total. The second-order valence-corrected chi connectivity index (χ2v) is 7.95. The van der Waals surface area contributed by atoms with Crippen molar-refractivity contribution in [3.63, 3.8) is 0 Å². The van der Waals surface area contributed by atoms with Gasteiger partial charge in [0.15, 0.2) is 5.78 Å².